The summed E-state index contributed by atoms with van der Waals surface area (Å²) >= 11 is 1.50. The van der Waals surface area contributed by atoms with Crippen LogP contribution >= 0.6 is 11.3 Å². The first-order valence-corrected chi connectivity index (χ1v) is 9.23. The van der Waals surface area contributed by atoms with E-state index < -0.39 is 12.8 Å². The summed E-state index contributed by atoms with van der Waals surface area (Å²) in [6.45, 7) is 0.660. The normalized spacial score (nSPS) is 11.4. The number of oxazole rings is 1. The third-order valence-electron chi connectivity index (χ3n) is 3.77. The SMILES string of the molecule is Cc1oc(-c2cccs2)nc1CC(=O)NCc1ccc(OCC(F)(F)F)cc1. The van der Waals surface area contributed by atoms with E-state index in [1.54, 1.807) is 19.1 Å². The molecule has 3 rings (SSSR count). The van der Waals surface area contributed by atoms with Crippen molar-refractivity contribution in [1.82, 2.24) is 10.3 Å². The number of aryl methyl sites for hydroxylation is 1. The van der Waals surface area contributed by atoms with Crippen LogP contribution in [-0.2, 0) is 17.8 Å². The van der Waals surface area contributed by atoms with Gasteiger partial charge in [0, 0.05) is 6.54 Å². The Balaban J connectivity index is 1.51. The summed E-state index contributed by atoms with van der Waals surface area (Å²) in [7, 11) is 0. The van der Waals surface area contributed by atoms with Gasteiger partial charge in [-0.1, -0.05) is 18.2 Å². The van der Waals surface area contributed by atoms with E-state index in [1.165, 1.54) is 23.5 Å². The number of ether oxygens (including phenoxy) is 1. The zero-order valence-corrected chi connectivity index (χ0v) is 15.7. The molecular weight excluding hydrogens is 393 g/mol. The minimum atomic E-state index is -4.38. The summed E-state index contributed by atoms with van der Waals surface area (Å²) in [5, 5.41) is 4.67. The second-order valence-corrected chi connectivity index (χ2v) is 6.95. The molecular formula is C19H17F3N2O3S. The molecule has 3 aromatic rings. The number of benzene rings is 1. The van der Waals surface area contributed by atoms with Crippen LogP contribution < -0.4 is 10.1 Å². The molecule has 0 aliphatic heterocycles. The fourth-order valence-electron chi connectivity index (χ4n) is 2.38. The number of nitrogens with zero attached hydrogens (tertiary/aromatic N) is 1. The van der Waals surface area contributed by atoms with Gasteiger partial charge in [0.1, 0.15) is 11.5 Å². The summed E-state index contributed by atoms with van der Waals surface area (Å²) in [5.41, 5.74) is 1.31. The Hall–Kier alpha value is -2.81. The van der Waals surface area contributed by atoms with Gasteiger partial charge in [-0.25, -0.2) is 4.98 Å². The van der Waals surface area contributed by atoms with Crippen LogP contribution in [0.15, 0.2) is 46.2 Å². The van der Waals surface area contributed by atoms with Gasteiger partial charge >= 0.3 is 6.18 Å². The van der Waals surface area contributed by atoms with Crippen molar-refractivity contribution in [2.24, 2.45) is 0 Å². The number of amides is 1. The predicted octanol–water partition coefficient (Wildman–Crippen LogP) is 4.51. The van der Waals surface area contributed by atoms with Crippen molar-refractivity contribution in [2.75, 3.05) is 6.61 Å². The lowest BCUT2D eigenvalue weighted by atomic mass is 10.2. The quantitative estimate of drug-likeness (QED) is 0.622. The molecule has 2 aromatic heterocycles. The van der Waals surface area contributed by atoms with Crippen LogP contribution in [0.3, 0.4) is 0 Å². The highest BCUT2D eigenvalue weighted by atomic mass is 32.1. The molecule has 0 aliphatic rings. The fourth-order valence-corrected chi connectivity index (χ4v) is 3.03. The first-order chi connectivity index (χ1) is 13.3. The maximum absolute atomic E-state index is 12.2. The summed E-state index contributed by atoms with van der Waals surface area (Å²) in [5.74, 6) is 0.965. The van der Waals surface area contributed by atoms with Gasteiger partial charge in [-0.2, -0.15) is 13.2 Å². The first-order valence-electron chi connectivity index (χ1n) is 8.35. The van der Waals surface area contributed by atoms with E-state index in [9.17, 15) is 18.0 Å². The van der Waals surface area contributed by atoms with Crippen LogP contribution in [-0.4, -0.2) is 23.7 Å². The number of carbonyl (C=O) groups excluding carboxylic acids is 1. The van der Waals surface area contributed by atoms with Crippen LogP contribution in [0.5, 0.6) is 5.75 Å². The molecule has 148 valence electrons. The van der Waals surface area contributed by atoms with E-state index in [4.69, 9.17) is 4.42 Å². The van der Waals surface area contributed by atoms with E-state index >= 15 is 0 Å². The van der Waals surface area contributed by atoms with Crippen molar-refractivity contribution in [3.63, 3.8) is 0 Å². The Morgan fingerprint density at radius 1 is 1.25 bits per heavy atom. The molecule has 28 heavy (non-hydrogen) atoms. The number of halogens is 3. The number of thiophene rings is 1. The summed E-state index contributed by atoms with van der Waals surface area (Å²) < 4.78 is 46.7. The second-order valence-electron chi connectivity index (χ2n) is 6.00. The van der Waals surface area contributed by atoms with E-state index in [0.29, 0.717) is 17.3 Å². The van der Waals surface area contributed by atoms with E-state index in [2.05, 4.69) is 15.0 Å². The Morgan fingerprint density at radius 3 is 2.64 bits per heavy atom. The highest BCUT2D eigenvalue weighted by molar-refractivity contribution is 7.13. The zero-order chi connectivity index (χ0) is 20.1. The summed E-state index contributed by atoms with van der Waals surface area (Å²) in [6, 6.07) is 9.85. The summed E-state index contributed by atoms with van der Waals surface area (Å²) in [4.78, 5) is 17.4. The minimum Gasteiger partial charge on any atom is -0.484 e. The van der Waals surface area contributed by atoms with E-state index in [0.717, 1.165) is 10.4 Å². The van der Waals surface area contributed by atoms with Crippen LogP contribution in [0, 0.1) is 6.92 Å². The lowest BCUT2D eigenvalue weighted by Crippen LogP contribution is -2.25. The molecule has 0 aliphatic carbocycles. The molecule has 0 bridgehead atoms. The lowest BCUT2D eigenvalue weighted by molar-refractivity contribution is -0.153. The molecule has 9 heteroatoms. The van der Waals surface area contributed by atoms with Gasteiger partial charge in [-0.3, -0.25) is 4.79 Å². The lowest BCUT2D eigenvalue weighted by Gasteiger charge is -2.10. The third kappa shape index (κ3) is 5.59. The molecule has 1 aromatic carbocycles. The highest BCUT2D eigenvalue weighted by Gasteiger charge is 2.28. The minimum absolute atomic E-state index is 0.0769. The molecule has 0 radical (unpaired) electrons. The topological polar surface area (TPSA) is 64.4 Å². The average molecular weight is 410 g/mol. The van der Waals surface area contributed by atoms with Crippen LogP contribution in [0.4, 0.5) is 13.2 Å². The van der Waals surface area contributed by atoms with Gasteiger partial charge in [0.2, 0.25) is 11.8 Å². The number of alkyl halides is 3. The van der Waals surface area contributed by atoms with Crippen molar-refractivity contribution in [1.29, 1.82) is 0 Å². The molecule has 0 fully saturated rings. The fraction of sp³-hybridized carbons (Fsp3) is 0.263. The molecule has 0 saturated carbocycles. The molecule has 0 unspecified atom stereocenters. The molecule has 2 heterocycles. The van der Waals surface area contributed by atoms with Crippen molar-refractivity contribution >= 4 is 17.2 Å². The molecule has 1 N–H and O–H groups in total. The first kappa shape index (κ1) is 19.9. The number of carbonyl (C=O) groups is 1. The van der Waals surface area contributed by atoms with Crippen LogP contribution in [0.1, 0.15) is 17.0 Å². The largest absolute Gasteiger partial charge is 0.484 e. The van der Waals surface area contributed by atoms with E-state index in [1.807, 2.05) is 17.5 Å². The number of aromatic nitrogens is 1. The molecule has 0 atom stereocenters. The van der Waals surface area contributed by atoms with Gasteiger partial charge in [0.15, 0.2) is 6.61 Å². The van der Waals surface area contributed by atoms with E-state index in [-0.39, 0.29) is 24.6 Å². The van der Waals surface area contributed by atoms with Gasteiger partial charge in [-0.05, 0) is 36.1 Å². The Morgan fingerprint density at radius 2 is 2.00 bits per heavy atom. The van der Waals surface area contributed by atoms with Crippen molar-refractivity contribution < 1.29 is 27.1 Å². The Bertz CT molecular complexity index is 919. The van der Waals surface area contributed by atoms with Gasteiger partial charge < -0.3 is 14.5 Å². The zero-order valence-electron chi connectivity index (χ0n) is 14.9. The second kappa shape index (κ2) is 8.47. The average Bonchev–Trinajstić information content (AvgIpc) is 3.29. The van der Waals surface area contributed by atoms with Gasteiger partial charge in [0.05, 0.1) is 17.0 Å². The van der Waals surface area contributed by atoms with Crippen molar-refractivity contribution in [3.8, 4) is 16.5 Å². The number of hydrogen-bond donors (Lipinski definition) is 1. The maximum Gasteiger partial charge on any atom is 0.422 e. The number of nitrogens with one attached hydrogen (secondary N) is 1. The smallest absolute Gasteiger partial charge is 0.422 e. The summed E-state index contributed by atoms with van der Waals surface area (Å²) in [6.07, 6.45) is -4.30. The monoisotopic (exact) mass is 410 g/mol. The van der Waals surface area contributed by atoms with Crippen molar-refractivity contribution in [3.05, 3.63) is 58.8 Å². The molecule has 0 saturated heterocycles. The molecule has 0 spiro atoms. The molecule has 1 amide bonds. The van der Waals surface area contributed by atoms with Gasteiger partial charge in [-0.15, -0.1) is 11.3 Å². The van der Waals surface area contributed by atoms with Gasteiger partial charge in [0.25, 0.3) is 0 Å². The standard InChI is InChI=1S/C19H17F3N2O3S/c1-12-15(24-18(27-12)16-3-2-8-28-16)9-17(25)23-10-13-4-6-14(7-5-13)26-11-19(20,21)22/h2-8H,9-11H2,1H3,(H,23,25). The molecule has 5 nitrogen and oxygen atoms in total. The maximum atomic E-state index is 12.2. The number of hydrogen-bond acceptors (Lipinski definition) is 5. The third-order valence-corrected chi connectivity index (χ3v) is 4.63. The Labute approximate surface area is 163 Å². The van der Waals surface area contributed by atoms with Crippen molar-refractivity contribution in [2.45, 2.75) is 26.1 Å². The predicted molar refractivity (Wildman–Crippen MR) is 98.1 cm³/mol. The highest BCUT2D eigenvalue weighted by Crippen LogP contribution is 2.26. The van der Waals surface area contributed by atoms with Crippen LogP contribution in [0.25, 0.3) is 10.8 Å². The Kier molecular flexibility index (Phi) is 6.03. The van der Waals surface area contributed by atoms with Crippen LogP contribution in [0.2, 0.25) is 0 Å². The number of rotatable bonds is 7.